The molecule has 1 saturated heterocycles. The first-order valence-electron chi connectivity index (χ1n) is 10.3. The molecular formula is C24H24Cl2N4O. The molecule has 4 rings (SSSR count). The summed E-state index contributed by atoms with van der Waals surface area (Å²) in [5.41, 5.74) is 7.58. The third-order valence-corrected chi connectivity index (χ3v) is 6.05. The van der Waals surface area contributed by atoms with Crippen LogP contribution in [0.5, 0.6) is 0 Å². The van der Waals surface area contributed by atoms with Crippen molar-refractivity contribution in [2.75, 3.05) is 13.1 Å². The Morgan fingerprint density at radius 3 is 2.45 bits per heavy atom. The molecule has 1 amide bonds. The second-order valence-corrected chi connectivity index (χ2v) is 8.49. The summed E-state index contributed by atoms with van der Waals surface area (Å²) in [6.07, 6.45) is 5.14. The van der Waals surface area contributed by atoms with E-state index in [1.807, 2.05) is 42.3 Å². The van der Waals surface area contributed by atoms with Gasteiger partial charge in [0.15, 0.2) is 5.69 Å². The lowest BCUT2D eigenvalue weighted by Gasteiger charge is -2.26. The molecule has 160 valence electrons. The summed E-state index contributed by atoms with van der Waals surface area (Å²) in [4.78, 5) is 13.1. The van der Waals surface area contributed by atoms with Crippen LogP contribution in [0.25, 0.3) is 23.0 Å². The summed E-state index contributed by atoms with van der Waals surface area (Å²) in [6, 6.07) is 13.2. The number of hydrogen-bond acceptors (Lipinski definition) is 3. The molecule has 0 saturated carbocycles. The monoisotopic (exact) mass is 454 g/mol. The molecule has 0 spiro atoms. The highest BCUT2D eigenvalue weighted by molar-refractivity contribution is 6.35. The van der Waals surface area contributed by atoms with Crippen LogP contribution < -0.4 is 5.43 Å². The average Bonchev–Trinajstić information content (AvgIpc) is 3.11. The minimum Gasteiger partial charge on any atom is -0.283 e. The van der Waals surface area contributed by atoms with Gasteiger partial charge in [0.05, 0.1) is 16.4 Å². The second kappa shape index (κ2) is 9.27. The van der Waals surface area contributed by atoms with Gasteiger partial charge in [-0.3, -0.25) is 10.2 Å². The minimum atomic E-state index is -0.216. The first kappa shape index (κ1) is 21.6. The van der Waals surface area contributed by atoms with E-state index >= 15 is 0 Å². The normalized spacial score (nSPS) is 14.4. The van der Waals surface area contributed by atoms with Crippen molar-refractivity contribution in [2.45, 2.75) is 26.2 Å². The fourth-order valence-corrected chi connectivity index (χ4v) is 4.35. The zero-order valence-electron chi connectivity index (χ0n) is 17.4. The van der Waals surface area contributed by atoms with Gasteiger partial charge in [0, 0.05) is 29.2 Å². The topological polar surface area (TPSA) is 50.2 Å². The van der Waals surface area contributed by atoms with Gasteiger partial charge in [-0.2, -0.15) is 5.10 Å². The van der Waals surface area contributed by atoms with Crippen LogP contribution in [-0.4, -0.2) is 33.8 Å². The summed E-state index contributed by atoms with van der Waals surface area (Å²) in [6.45, 7) is 7.43. The number of hydrazine groups is 1. The molecule has 1 aliphatic heterocycles. The number of rotatable bonds is 5. The molecule has 2 aromatic carbocycles. The van der Waals surface area contributed by atoms with Gasteiger partial charge in [0.1, 0.15) is 0 Å². The first-order valence-corrected chi connectivity index (χ1v) is 11.1. The van der Waals surface area contributed by atoms with Crippen LogP contribution in [0.15, 0.2) is 49.0 Å². The number of halogens is 2. The van der Waals surface area contributed by atoms with Crippen LogP contribution in [0.4, 0.5) is 0 Å². The SMILES string of the molecule is C=Cc1ccc(-c2c(C)c(C(=O)NN3CCCCC3)nn2-c2ccc(Cl)cc2Cl)cc1. The van der Waals surface area contributed by atoms with Gasteiger partial charge < -0.3 is 0 Å². The van der Waals surface area contributed by atoms with E-state index in [2.05, 4.69) is 17.1 Å². The Kier molecular flexibility index (Phi) is 6.46. The number of carbonyl (C=O) groups is 1. The number of nitrogens with zero attached hydrogens (tertiary/aromatic N) is 3. The summed E-state index contributed by atoms with van der Waals surface area (Å²) < 4.78 is 1.72. The number of benzene rings is 2. The molecule has 0 aliphatic carbocycles. The van der Waals surface area contributed by atoms with E-state index in [0.717, 1.165) is 48.3 Å². The Morgan fingerprint density at radius 2 is 1.81 bits per heavy atom. The first-order chi connectivity index (χ1) is 15.0. The Morgan fingerprint density at radius 1 is 1.10 bits per heavy atom. The van der Waals surface area contributed by atoms with Gasteiger partial charge in [-0.1, -0.05) is 66.5 Å². The lowest BCUT2D eigenvalue weighted by molar-refractivity contribution is 0.0743. The van der Waals surface area contributed by atoms with Crippen molar-refractivity contribution < 1.29 is 4.79 Å². The Labute approximate surface area is 192 Å². The number of piperidine rings is 1. The zero-order chi connectivity index (χ0) is 22.0. The lowest BCUT2D eigenvalue weighted by Crippen LogP contribution is -2.45. The van der Waals surface area contributed by atoms with Crippen molar-refractivity contribution in [2.24, 2.45) is 0 Å². The maximum absolute atomic E-state index is 13.1. The van der Waals surface area contributed by atoms with Gasteiger partial charge in [0.25, 0.3) is 5.91 Å². The van der Waals surface area contributed by atoms with Crippen LogP contribution in [0.1, 0.15) is 40.9 Å². The van der Waals surface area contributed by atoms with Gasteiger partial charge >= 0.3 is 0 Å². The minimum absolute atomic E-state index is 0.216. The highest BCUT2D eigenvalue weighted by atomic mass is 35.5. The summed E-state index contributed by atoms with van der Waals surface area (Å²) in [5, 5.41) is 7.66. The average molecular weight is 455 g/mol. The molecule has 0 bridgehead atoms. The quantitative estimate of drug-likeness (QED) is 0.519. The number of aromatic nitrogens is 2. The molecule has 5 nitrogen and oxygen atoms in total. The molecule has 3 aromatic rings. The maximum atomic E-state index is 13.1. The van der Waals surface area contributed by atoms with Crippen molar-refractivity contribution in [3.8, 4) is 16.9 Å². The van der Waals surface area contributed by atoms with E-state index in [4.69, 9.17) is 23.2 Å². The van der Waals surface area contributed by atoms with Gasteiger partial charge in [-0.05, 0) is 43.5 Å². The molecule has 1 fully saturated rings. The summed E-state index contributed by atoms with van der Waals surface area (Å²) >= 11 is 12.6. The van der Waals surface area contributed by atoms with E-state index in [1.54, 1.807) is 22.9 Å². The third-order valence-electron chi connectivity index (χ3n) is 5.51. The highest BCUT2D eigenvalue weighted by Crippen LogP contribution is 2.33. The van der Waals surface area contributed by atoms with E-state index in [0.29, 0.717) is 21.4 Å². The summed E-state index contributed by atoms with van der Waals surface area (Å²) in [7, 11) is 0. The predicted octanol–water partition coefficient (Wildman–Crippen LogP) is 5.93. The van der Waals surface area contributed by atoms with Crippen molar-refractivity contribution in [1.82, 2.24) is 20.2 Å². The molecular weight excluding hydrogens is 431 g/mol. The van der Waals surface area contributed by atoms with Gasteiger partial charge in [0.2, 0.25) is 0 Å². The molecule has 7 heteroatoms. The number of nitrogens with one attached hydrogen (secondary N) is 1. The van der Waals surface area contributed by atoms with Gasteiger partial charge in [-0.25, -0.2) is 9.69 Å². The fraction of sp³-hybridized carbons (Fsp3) is 0.250. The zero-order valence-corrected chi connectivity index (χ0v) is 18.9. The Hall–Kier alpha value is -2.60. The van der Waals surface area contributed by atoms with Crippen molar-refractivity contribution >= 4 is 35.2 Å². The van der Waals surface area contributed by atoms with E-state index in [-0.39, 0.29) is 5.91 Å². The van der Waals surface area contributed by atoms with Crippen LogP contribution in [-0.2, 0) is 0 Å². The highest BCUT2D eigenvalue weighted by Gasteiger charge is 2.24. The fourth-order valence-electron chi connectivity index (χ4n) is 3.86. The molecule has 1 aromatic heterocycles. The summed E-state index contributed by atoms with van der Waals surface area (Å²) in [5.74, 6) is -0.216. The van der Waals surface area contributed by atoms with Crippen molar-refractivity contribution in [1.29, 1.82) is 0 Å². The van der Waals surface area contributed by atoms with Crippen LogP contribution in [0, 0.1) is 6.92 Å². The molecule has 1 aliphatic rings. The van der Waals surface area contributed by atoms with Crippen LogP contribution >= 0.6 is 23.2 Å². The van der Waals surface area contributed by atoms with Gasteiger partial charge in [-0.15, -0.1) is 0 Å². The molecule has 0 atom stereocenters. The third kappa shape index (κ3) is 4.54. The lowest BCUT2D eigenvalue weighted by atomic mass is 10.0. The molecule has 2 heterocycles. The number of carbonyl (C=O) groups excluding carboxylic acids is 1. The Balaban J connectivity index is 1.80. The molecule has 31 heavy (non-hydrogen) atoms. The van der Waals surface area contributed by atoms with E-state index in [1.165, 1.54) is 6.42 Å². The largest absolute Gasteiger partial charge is 0.286 e. The van der Waals surface area contributed by atoms with Crippen molar-refractivity contribution in [3.05, 3.63) is 75.9 Å². The Bertz CT molecular complexity index is 1120. The molecule has 1 N–H and O–H groups in total. The van der Waals surface area contributed by atoms with Crippen LogP contribution in [0.3, 0.4) is 0 Å². The van der Waals surface area contributed by atoms with Crippen LogP contribution in [0.2, 0.25) is 10.0 Å². The molecule has 0 unspecified atom stereocenters. The number of hydrogen-bond donors (Lipinski definition) is 1. The van der Waals surface area contributed by atoms with Crippen molar-refractivity contribution in [3.63, 3.8) is 0 Å². The number of amides is 1. The smallest absolute Gasteiger partial charge is 0.283 e. The standard InChI is InChI=1S/C24H24Cl2N4O/c1-3-17-7-9-18(10-8-17)23-16(2)22(24(31)28-29-13-5-4-6-14-29)27-30(23)21-12-11-19(25)15-20(21)26/h3,7-12,15H,1,4-6,13-14H2,2H3,(H,28,31). The second-order valence-electron chi connectivity index (χ2n) is 7.64. The maximum Gasteiger partial charge on any atom is 0.286 e. The van der Waals surface area contributed by atoms with E-state index in [9.17, 15) is 4.79 Å². The molecule has 0 radical (unpaired) electrons. The predicted molar refractivity (Wildman–Crippen MR) is 127 cm³/mol. The van der Waals surface area contributed by atoms with E-state index < -0.39 is 0 Å².